The Bertz CT molecular complexity index is 1080. The molecule has 0 radical (unpaired) electrons. The number of benzene rings is 3. The second-order valence-corrected chi connectivity index (χ2v) is 8.33. The Balaban J connectivity index is 1.66. The first kappa shape index (κ1) is 22.1. The fraction of sp³-hybridized carbons (Fsp3) is 0.130. The van der Waals surface area contributed by atoms with E-state index in [9.17, 15) is 0 Å². The first-order valence-electron chi connectivity index (χ1n) is 8.99. The van der Waals surface area contributed by atoms with Crippen LogP contribution in [0.3, 0.4) is 0 Å². The Hall–Kier alpha value is -2.57. The largest absolute Gasteiger partial charge is 0.493 e. The molecule has 152 valence electrons. The van der Waals surface area contributed by atoms with E-state index in [4.69, 9.17) is 19.6 Å². The average Bonchev–Trinajstić information content (AvgIpc) is 2.77. The standard InChI is InChI=1S/C23H18BrIN2O3/c1-28-22-11-17(13-27-30-15-19-5-3-2-4-18(19)12-26)10-21(24)23(22)29-14-16-6-8-20(25)9-7-16/h2-11,13H,14-15H2,1H3/b27-13-. The molecule has 0 N–H and O–H groups in total. The highest BCUT2D eigenvalue weighted by molar-refractivity contribution is 14.1. The molecule has 0 spiro atoms. The number of hydrogen-bond donors (Lipinski definition) is 0. The maximum atomic E-state index is 9.12. The van der Waals surface area contributed by atoms with Crippen molar-refractivity contribution in [2.24, 2.45) is 5.16 Å². The minimum atomic E-state index is 0.218. The van der Waals surface area contributed by atoms with Crippen LogP contribution in [0.1, 0.15) is 22.3 Å². The van der Waals surface area contributed by atoms with E-state index in [0.717, 1.165) is 21.2 Å². The first-order chi connectivity index (χ1) is 14.6. The van der Waals surface area contributed by atoms with E-state index < -0.39 is 0 Å². The van der Waals surface area contributed by atoms with Gasteiger partial charge in [0, 0.05) is 14.7 Å². The lowest BCUT2D eigenvalue weighted by Crippen LogP contribution is -2.00. The third kappa shape index (κ3) is 5.97. The minimum absolute atomic E-state index is 0.218. The molecular formula is C23H18BrIN2O3. The van der Waals surface area contributed by atoms with Gasteiger partial charge < -0.3 is 14.3 Å². The molecule has 0 unspecified atom stereocenters. The Labute approximate surface area is 197 Å². The van der Waals surface area contributed by atoms with Gasteiger partial charge in [0.15, 0.2) is 11.5 Å². The highest BCUT2D eigenvalue weighted by Gasteiger charge is 2.12. The summed E-state index contributed by atoms with van der Waals surface area (Å²) >= 11 is 5.82. The molecule has 0 fully saturated rings. The Morgan fingerprint density at radius 2 is 1.87 bits per heavy atom. The number of halogens is 2. The van der Waals surface area contributed by atoms with E-state index in [-0.39, 0.29) is 6.61 Å². The van der Waals surface area contributed by atoms with Gasteiger partial charge in [-0.1, -0.05) is 35.5 Å². The smallest absolute Gasteiger partial charge is 0.175 e. The summed E-state index contributed by atoms with van der Waals surface area (Å²) in [5.74, 6) is 1.21. The van der Waals surface area contributed by atoms with Crippen LogP contribution in [0.25, 0.3) is 0 Å². The predicted octanol–water partition coefficient (Wildman–Crippen LogP) is 6.06. The zero-order valence-electron chi connectivity index (χ0n) is 16.1. The fourth-order valence-corrected chi connectivity index (χ4v) is 3.58. The molecule has 0 aromatic heterocycles. The molecule has 0 heterocycles. The number of nitriles is 1. The van der Waals surface area contributed by atoms with Crippen LogP contribution in [0.5, 0.6) is 11.5 Å². The maximum Gasteiger partial charge on any atom is 0.175 e. The van der Waals surface area contributed by atoms with Crippen molar-refractivity contribution in [3.05, 3.63) is 91.0 Å². The molecule has 0 aliphatic carbocycles. The van der Waals surface area contributed by atoms with Crippen LogP contribution < -0.4 is 9.47 Å². The number of hydrogen-bond acceptors (Lipinski definition) is 5. The molecule has 3 aromatic carbocycles. The summed E-state index contributed by atoms with van der Waals surface area (Å²) in [5, 5.41) is 13.1. The summed E-state index contributed by atoms with van der Waals surface area (Å²) in [6, 6.07) is 21.3. The van der Waals surface area contributed by atoms with Gasteiger partial charge in [-0.3, -0.25) is 0 Å². The lowest BCUT2D eigenvalue weighted by atomic mass is 10.1. The third-order valence-electron chi connectivity index (χ3n) is 4.18. The monoisotopic (exact) mass is 576 g/mol. The van der Waals surface area contributed by atoms with Crippen molar-refractivity contribution in [1.29, 1.82) is 5.26 Å². The maximum absolute atomic E-state index is 9.12. The molecule has 0 aliphatic heterocycles. The number of oxime groups is 1. The van der Waals surface area contributed by atoms with E-state index >= 15 is 0 Å². The molecule has 0 saturated heterocycles. The topological polar surface area (TPSA) is 63.8 Å². The van der Waals surface area contributed by atoms with Gasteiger partial charge in [0.1, 0.15) is 13.2 Å². The molecule has 3 rings (SSSR count). The van der Waals surface area contributed by atoms with Gasteiger partial charge in [-0.05, 0) is 74.4 Å². The minimum Gasteiger partial charge on any atom is -0.493 e. The van der Waals surface area contributed by atoms with Crippen molar-refractivity contribution in [2.45, 2.75) is 13.2 Å². The van der Waals surface area contributed by atoms with Gasteiger partial charge in [-0.2, -0.15) is 5.26 Å². The zero-order chi connectivity index (χ0) is 21.3. The van der Waals surface area contributed by atoms with Crippen LogP contribution in [0, 0.1) is 14.9 Å². The normalized spacial score (nSPS) is 10.6. The fourth-order valence-electron chi connectivity index (χ4n) is 2.65. The van der Waals surface area contributed by atoms with Crippen LogP contribution in [-0.4, -0.2) is 13.3 Å². The van der Waals surface area contributed by atoms with Gasteiger partial charge in [0.25, 0.3) is 0 Å². The SMILES string of the molecule is COc1cc(/C=N\OCc2ccccc2C#N)cc(Br)c1OCc1ccc(I)cc1. The van der Waals surface area contributed by atoms with E-state index in [1.165, 1.54) is 3.57 Å². The second kappa shape index (κ2) is 11.0. The van der Waals surface area contributed by atoms with E-state index in [1.54, 1.807) is 19.4 Å². The van der Waals surface area contributed by atoms with Crippen molar-refractivity contribution >= 4 is 44.7 Å². The van der Waals surface area contributed by atoms with Crippen molar-refractivity contribution in [2.75, 3.05) is 7.11 Å². The van der Waals surface area contributed by atoms with E-state index in [1.807, 2.05) is 54.6 Å². The van der Waals surface area contributed by atoms with Crippen molar-refractivity contribution in [3.8, 4) is 17.6 Å². The predicted molar refractivity (Wildman–Crippen MR) is 128 cm³/mol. The quantitative estimate of drug-likeness (QED) is 0.186. The van der Waals surface area contributed by atoms with Crippen molar-refractivity contribution < 1.29 is 14.3 Å². The Morgan fingerprint density at radius 3 is 2.60 bits per heavy atom. The van der Waals surface area contributed by atoms with Crippen LogP contribution in [0.4, 0.5) is 0 Å². The molecule has 0 amide bonds. The molecule has 30 heavy (non-hydrogen) atoms. The van der Waals surface area contributed by atoms with Gasteiger partial charge in [-0.15, -0.1) is 0 Å². The van der Waals surface area contributed by atoms with Crippen molar-refractivity contribution in [1.82, 2.24) is 0 Å². The molecule has 7 heteroatoms. The molecular weight excluding hydrogens is 559 g/mol. The number of nitrogens with zero attached hydrogens (tertiary/aromatic N) is 2. The summed E-state index contributed by atoms with van der Waals surface area (Å²) < 4.78 is 13.4. The highest BCUT2D eigenvalue weighted by Crippen LogP contribution is 2.37. The van der Waals surface area contributed by atoms with Crippen LogP contribution >= 0.6 is 38.5 Å². The first-order valence-corrected chi connectivity index (χ1v) is 10.9. The summed E-state index contributed by atoms with van der Waals surface area (Å²) in [6.07, 6.45) is 1.59. The summed E-state index contributed by atoms with van der Waals surface area (Å²) in [4.78, 5) is 5.36. The van der Waals surface area contributed by atoms with Gasteiger partial charge in [0.2, 0.25) is 0 Å². The lowest BCUT2D eigenvalue weighted by Gasteiger charge is -2.13. The molecule has 0 saturated carbocycles. The van der Waals surface area contributed by atoms with Crippen LogP contribution in [0.15, 0.2) is 70.3 Å². The Morgan fingerprint density at radius 1 is 1.10 bits per heavy atom. The van der Waals surface area contributed by atoms with Gasteiger partial charge in [-0.25, -0.2) is 0 Å². The summed E-state index contributed by atoms with van der Waals surface area (Å²) in [6.45, 7) is 0.649. The van der Waals surface area contributed by atoms with E-state index in [2.05, 4.69) is 49.7 Å². The Kier molecular flexibility index (Phi) is 8.11. The summed E-state index contributed by atoms with van der Waals surface area (Å²) in [5.41, 5.74) is 3.22. The van der Waals surface area contributed by atoms with Crippen LogP contribution in [-0.2, 0) is 18.1 Å². The lowest BCUT2D eigenvalue weighted by molar-refractivity contribution is 0.132. The third-order valence-corrected chi connectivity index (χ3v) is 5.49. The molecule has 5 nitrogen and oxygen atoms in total. The molecule has 0 atom stereocenters. The van der Waals surface area contributed by atoms with Crippen LogP contribution in [0.2, 0.25) is 0 Å². The highest BCUT2D eigenvalue weighted by atomic mass is 127. The van der Waals surface area contributed by atoms with Crippen molar-refractivity contribution in [3.63, 3.8) is 0 Å². The molecule has 3 aromatic rings. The molecule has 0 aliphatic rings. The second-order valence-electron chi connectivity index (χ2n) is 6.23. The number of methoxy groups -OCH3 is 1. The zero-order valence-corrected chi connectivity index (χ0v) is 19.9. The van der Waals surface area contributed by atoms with Gasteiger partial charge in [0.05, 0.1) is 29.4 Å². The number of rotatable bonds is 8. The van der Waals surface area contributed by atoms with E-state index in [0.29, 0.717) is 23.7 Å². The number of ether oxygens (including phenoxy) is 2. The van der Waals surface area contributed by atoms with Gasteiger partial charge >= 0.3 is 0 Å². The average molecular weight is 577 g/mol. The molecule has 0 bridgehead atoms. The summed E-state index contributed by atoms with van der Waals surface area (Å²) in [7, 11) is 1.59.